The van der Waals surface area contributed by atoms with Crippen molar-refractivity contribution in [3.05, 3.63) is 46.8 Å². The van der Waals surface area contributed by atoms with Gasteiger partial charge in [-0.15, -0.1) is 9.36 Å². The second-order valence-electron chi connectivity index (χ2n) is 8.17. The summed E-state index contributed by atoms with van der Waals surface area (Å²) in [6, 6.07) is 6.99. The van der Waals surface area contributed by atoms with E-state index in [2.05, 4.69) is 89.3 Å². The van der Waals surface area contributed by atoms with Gasteiger partial charge in [0.2, 0.25) is 0 Å². The van der Waals surface area contributed by atoms with Crippen molar-refractivity contribution in [1.82, 2.24) is 4.68 Å². The highest BCUT2D eigenvalue weighted by Crippen LogP contribution is 2.50. The van der Waals surface area contributed by atoms with Gasteiger partial charge in [0.15, 0.2) is 13.2 Å². The summed E-state index contributed by atoms with van der Waals surface area (Å²) in [6.45, 7) is 16.4. The average Bonchev–Trinajstić information content (AvgIpc) is 2.79. The van der Waals surface area contributed by atoms with Gasteiger partial charge in [0, 0.05) is 16.9 Å². The summed E-state index contributed by atoms with van der Waals surface area (Å²) in [5.41, 5.74) is 7.31. The monoisotopic (exact) mass is 297 g/mol. The lowest BCUT2D eigenvalue weighted by Gasteiger charge is -2.46. The van der Waals surface area contributed by atoms with Gasteiger partial charge in [-0.25, -0.2) is 0 Å². The van der Waals surface area contributed by atoms with Crippen molar-refractivity contribution in [2.75, 3.05) is 0 Å². The SMILES string of the molecule is Cc1c(C(C)C)ccc2c1-n1c(cc[n+]1C)C(C)(C)C2(C)C. The van der Waals surface area contributed by atoms with Crippen LogP contribution in [0, 0.1) is 6.92 Å². The molecule has 0 atom stereocenters. The average molecular weight is 297 g/mol. The van der Waals surface area contributed by atoms with E-state index in [1.807, 2.05) is 0 Å². The molecule has 3 rings (SSSR count). The summed E-state index contributed by atoms with van der Waals surface area (Å²) in [5.74, 6) is 0.549. The molecule has 2 heteroatoms. The van der Waals surface area contributed by atoms with E-state index in [0.29, 0.717) is 5.92 Å². The number of benzene rings is 1. The molecule has 2 heterocycles. The van der Waals surface area contributed by atoms with Gasteiger partial charge in [0.25, 0.3) is 0 Å². The normalized spacial score (nSPS) is 18.2. The number of fused-ring (bicyclic) bond motifs is 3. The van der Waals surface area contributed by atoms with Crippen LogP contribution in [0.2, 0.25) is 0 Å². The van der Waals surface area contributed by atoms with E-state index in [-0.39, 0.29) is 10.8 Å². The lowest BCUT2D eigenvalue weighted by Crippen LogP contribution is -2.51. The molecule has 1 aromatic carbocycles. The molecule has 0 aliphatic carbocycles. The third-order valence-corrected chi connectivity index (χ3v) is 6.17. The molecule has 0 amide bonds. The fraction of sp³-hybridized carbons (Fsp3) is 0.550. The maximum Gasteiger partial charge on any atom is 0.196 e. The molecule has 118 valence electrons. The Balaban J connectivity index is 2.46. The Morgan fingerprint density at radius 1 is 1.00 bits per heavy atom. The first-order valence-electron chi connectivity index (χ1n) is 8.33. The number of hydrogen-bond donors (Lipinski definition) is 0. The van der Waals surface area contributed by atoms with Crippen LogP contribution in [0.1, 0.15) is 69.8 Å². The van der Waals surface area contributed by atoms with E-state index in [4.69, 9.17) is 0 Å². The highest BCUT2D eigenvalue weighted by molar-refractivity contribution is 5.59. The Bertz CT molecular complexity index is 745. The van der Waals surface area contributed by atoms with Gasteiger partial charge in [-0.05, 0) is 29.5 Å². The highest BCUT2D eigenvalue weighted by Gasteiger charge is 2.49. The van der Waals surface area contributed by atoms with Crippen LogP contribution < -0.4 is 4.68 Å². The van der Waals surface area contributed by atoms with Crippen LogP contribution in [0.25, 0.3) is 5.69 Å². The lowest BCUT2D eigenvalue weighted by atomic mass is 9.60. The molecule has 1 aliphatic rings. The van der Waals surface area contributed by atoms with E-state index in [1.54, 1.807) is 0 Å². The lowest BCUT2D eigenvalue weighted by molar-refractivity contribution is -0.745. The first-order valence-corrected chi connectivity index (χ1v) is 8.33. The topological polar surface area (TPSA) is 8.81 Å². The van der Waals surface area contributed by atoms with Crippen molar-refractivity contribution in [2.45, 2.75) is 65.2 Å². The first kappa shape index (κ1) is 15.3. The van der Waals surface area contributed by atoms with E-state index in [0.717, 1.165) is 0 Å². The van der Waals surface area contributed by atoms with E-state index >= 15 is 0 Å². The van der Waals surface area contributed by atoms with Gasteiger partial charge in [-0.1, -0.05) is 53.7 Å². The third-order valence-electron chi connectivity index (χ3n) is 6.17. The third kappa shape index (κ3) is 1.70. The van der Waals surface area contributed by atoms with Gasteiger partial charge < -0.3 is 0 Å². The smallest absolute Gasteiger partial charge is 0.124 e. The van der Waals surface area contributed by atoms with Gasteiger partial charge in [-0.3, -0.25) is 0 Å². The largest absolute Gasteiger partial charge is 0.196 e. The standard InChI is InChI=1S/C20H29N2/c1-13(2)15-9-10-16-18(14(15)3)22-17(11-12-21(22)8)20(6,7)19(16,4)5/h9-13H,1-8H3/q+1. The van der Waals surface area contributed by atoms with Crippen molar-refractivity contribution in [3.8, 4) is 5.69 Å². The van der Waals surface area contributed by atoms with E-state index < -0.39 is 0 Å². The second kappa shape index (κ2) is 4.47. The minimum atomic E-state index is 0.0903. The molecule has 0 radical (unpaired) electrons. The van der Waals surface area contributed by atoms with Crippen molar-refractivity contribution in [1.29, 1.82) is 0 Å². The molecule has 0 bridgehead atoms. The summed E-state index contributed by atoms with van der Waals surface area (Å²) >= 11 is 0. The minimum absolute atomic E-state index is 0.0903. The predicted molar refractivity (Wildman–Crippen MR) is 91.8 cm³/mol. The summed E-state index contributed by atoms with van der Waals surface area (Å²) in [7, 11) is 2.14. The summed E-state index contributed by atoms with van der Waals surface area (Å²) in [5, 5.41) is 0. The Labute approximate surface area is 134 Å². The van der Waals surface area contributed by atoms with Crippen molar-refractivity contribution < 1.29 is 4.68 Å². The molecule has 0 fully saturated rings. The molecular formula is C20H29N2+. The van der Waals surface area contributed by atoms with Crippen molar-refractivity contribution >= 4 is 0 Å². The molecule has 0 saturated carbocycles. The van der Waals surface area contributed by atoms with Gasteiger partial charge in [-0.2, -0.15) is 0 Å². The molecule has 0 N–H and O–H groups in total. The molecule has 1 aromatic heterocycles. The summed E-state index contributed by atoms with van der Waals surface area (Å²) in [6.07, 6.45) is 2.18. The number of aromatic nitrogens is 2. The molecule has 2 nitrogen and oxygen atoms in total. The zero-order valence-electron chi connectivity index (χ0n) is 15.3. The predicted octanol–water partition coefficient (Wildman–Crippen LogP) is 4.30. The number of hydrogen-bond acceptors (Lipinski definition) is 0. The molecule has 0 unspecified atom stereocenters. The zero-order valence-corrected chi connectivity index (χ0v) is 15.3. The Morgan fingerprint density at radius 3 is 2.23 bits per heavy atom. The highest BCUT2D eigenvalue weighted by atomic mass is 15.4. The van der Waals surface area contributed by atoms with Crippen LogP contribution in [0.4, 0.5) is 0 Å². The first-order chi connectivity index (χ1) is 10.1. The van der Waals surface area contributed by atoms with Crippen molar-refractivity contribution in [3.63, 3.8) is 0 Å². The molecule has 2 aromatic rings. The van der Waals surface area contributed by atoms with Crippen LogP contribution in [-0.4, -0.2) is 4.68 Å². The number of nitrogens with zero attached hydrogens (tertiary/aromatic N) is 2. The maximum absolute atomic E-state index is 2.42. The van der Waals surface area contributed by atoms with Crippen molar-refractivity contribution in [2.24, 2.45) is 7.05 Å². The Kier molecular flexibility index (Phi) is 3.11. The van der Waals surface area contributed by atoms with Crippen LogP contribution >= 0.6 is 0 Å². The molecule has 0 spiro atoms. The second-order valence-corrected chi connectivity index (χ2v) is 8.17. The van der Waals surface area contributed by atoms with Gasteiger partial charge in [0.1, 0.15) is 5.69 Å². The van der Waals surface area contributed by atoms with E-state index in [1.165, 1.54) is 28.1 Å². The maximum atomic E-state index is 2.42. The summed E-state index contributed by atoms with van der Waals surface area (Å²) < 4.78 is 4.64. The molecule has 0 saturated heterocycles. The van der Waals surface area contributed by atoms with Gasteiger partial charge >= 0.3 is 0 Å². The van der Waals surface area contributed by atoms with Gasteiger partial charge in [0.05, 0.1) is 5.69 Å². The summed E-state index contributed by atoms with van der Waals surface area (Å²) in [4.78, 5) is 0. The fourth-order valence-corrected chi connectivity index (χ4v) is 4.01. The van der Waals surface area contributed by atoms with Crippen LogP contribution in [0.5, 0.6) is 0 Å². The van der Waals surface area contributed by atoms with Crippen LogP contribution in [-0.2, 0) is 17.9 Å². The number of aryl methyl sites for hydroxylation is 1. The molecule has 22 heavy (non-hydrogen) atoms. The Morgan fingerprint density at radius 2 is 1.64 bits per heavy atom. The Hall–Kier alpha value is -1.57. The van der Waals surface area contributed by atoms with Crippen LogP contribution in [0.3, 0.4) is 0 Å². The molecular weight excluding hydrogens is 268 g/mol. The number of rotatable bonds is 1. The minimum Gasteiger partial charge on any atom is -0.124 e. The fourth-order valence-electron chi connectivity index (χ4n) is 4.01. The zero-order chi connectivity index (χ0) is 16.4. The van der Waals surface area contributed by atoms with E-state index in [9.17, 15) is 0 Å². The quantitative estimate of drug-likeness (QED) is 0.694. The molecule has 1 aliphatic heterocycles. The van der Waals surface area contributed by atoms with Crippen LogP contribution in [0.15, 0.2) is 24.4 Å².